The molecule has 2 heteroatoms. The van der Waals surface area contributed by atoms with Gasteiger partial charge in [-0.15, -0.1) is 11.3 Å². The number of hydrogen-bond donors (Lipinski definition) is 0. The molecule has 13 heavy (non-hydrogen) atoms. The minimum absolute atomic E-state index is 0.173. The third kappa shape index (κ3) is 2.66. The van der Waals surface area contributed by atoms with Gasteiger partial charge < -0.3 is 4.79 Å². The van der Waals surface area contributed by atoms with E-state index in [0.29, 0.717) is 0 Å². The molecule has 0 saturated carbocycles. The number of thiophene rings is 1. The predicted molar refractivity (Wildman–Crippen MR) is 57.2 cm³/mol. The van der Waals surface area contributed by atoms with Gasteiger partial charge in [-0.25, -0.2) is 0 Å². The molecule has 1 atom stereocenters. The van der Waals surface area contributed by atoms with E-state index < -0.39 is 0 Å². The fraction of sp³-hybridized carbons (Fsp3) is 0.545. The van der Waals surface area contributed by atoms with Gasteiger partial charge in [0.05, 0.1) is 0 Å². The molecule has 1 nitrogen and oxygen atoms in total. The maximum Gasteiger partial charge on any atom is 0.126 e. The van der Waals surface area contributed by atoms with Crippen LogP contribution in [0.4, 0.5) is 0 Å². The van der Waals surface area contributed by atoms with Gasteiger partial charge >= 0.3 is 0 Å². The Kier molecular flexibility index (Phi) is 3.26. The average molecular weight is 196 g/mol. The van der Waals surface area contributed by atoms with Gasteiger partial charge in [0.1, 0.15) is 6.29 Å². The number of carbonyl (C=O) groups is 1. The fourth-order valence-electron chi connectivity index (χ4n) is 1.31. The Labute approximate surface area is 83.8 Å². The lowest BCUT2D eigenvalue weighted by molar-refractivity contribution is -0.115. The number of aldehydes is 1. The Morgan fingerprint density at radius 1 is 1.62 bits per heavy atom. The molecular weight excluding hydrogens is 180 g/mol. The Hall–Kier alpha value is -0.630. The highest BCUT2D eigenvalue weighted by atomic mass is 32.1. The third-order valence-corrected chi connectivity index (χ3v) is 3.40. The van der Waals surface area contributed by atoms with Crippen molar-refractivity contribution in [2.24, 2.45) is 5.41 Å². The van der Waals surface area contributed by atoms with Crippen LogP contribution in [0.25, 0.3) is 0 Å². The summed E-state index contributed by atoms with van der Waals surface area (Å²) in [6.45, 7) is 6.18. The molecular formula is C11H16OS. The highest BCUT2D eigenvalue weighted by Gasteiger charge is 2.21. The molecule has 0 fully saturated rings. The summed E-state index contributed by atoms with van der Waals surface area (Å²) in [4.78, 5) is 12.2. The number of hydrogen-bond acceptors (Lipinski definition) is 2. The van der Waals surface area contributed by atoms with Crippen LogP contribution in [0.3, 0.4) is 0 Å². The van der Waals surface area contributed by atoms with Crippen LogP contribution in [-0.4, -0.2) is 6.29 Å². The zero-order valence-electron chi connectivity index (χ0n) is 8.46. The van der Waals surface area contributed by atoms with Crippen molar-refractivity contribution in [2.75, 3.05) is 0 Å². The van der Waals surface area contributed by atoms with Gasteiger partial charge in [-0.2, -0.15) is 0 Å². The molecule has 0 aliphatic carbocycles. The van der Waals surface area contributed by atoms with Crippen LogP contribution < -0.4 is 0 Å². The lowest BCUT2D eigenvalue weighted by atomic mass is 9.83. The summed E-state index contributed by atoms with van der Waals surface area (Å²) < 4.78 is 0. The molecule has 0 N–H and O–H groups in total. The molecule has 1 aromatic heterocycles. The predicted octanol–water partition coefficient (Wildman–Crippen LogP) is 3.21. The summed E-state index contributed by atoms with van der Waals surface area (Å²) in [6.07, 6.45) is 2.86. The van der Waals surface area contributed by atoms with E-state index in [-0.39, 0.29) is 5.41 Å². The summed E-state index contributed by atoms with van der Waals surface area (Å²) in [6, 6.07) is 2.17. The number of rotatable bonds is 4. The van der Waals surface area contributed by atoms with E-state index in [1.54, 1.807) is 11.3 Å². The van der Waals surface area contributed by atoms with E-state index in [1.807, 2.05) is 6.92 Å². The van der Waals surface area contributed by atoms with Crippen molar-refractivity contribution < 1.29 is 4.79 Å². The molecule has 1 heterocycles. The Morgan fingerprint density at radius 2 is 2.31 bits per heavy atom. The molecule has 0 spiro atoms. The minimum Gasteiger partial charge on any atom is -0.303 e. The molecule has 0 aliphatic rings. The monoisotopic (exact) mass is 196 g/mol. The molecule has 1 rings (SSSR count). The van der Waals surface area contributed by atoms with Gasteiger partial charge in [0.2, 0.25) is 0 Å². The van der Waals surface area contributed by atoms with E-state index in [2.05, 4.69) is 25.3 Å². The van der Waals surface area contributed by atoms with Crippen LogP contribution in [-0.2, 0) is 11.2 Å². The second-order valence-corrected chi connectivity index (χ2v) is 4.98. The summed E-state index contributed by atoms with van der Waals surface area (Å²) in [5.74, 6) is 0. The number of carbonyl (C=O) groups excluding carboxylic acids is 1. The maximum absolute atomic E-state index is 10.9. The molecule has 0 aromatic carbocycles. The SMILES string of the molecule is CCC(C)(C=O)Cc1csc(C)c1. The quantitative estimate of drug-likeness (QED) is 0.676. The van der Waals surface area contributed by atoms with Crippen LogP contribution in [0.2, 0.25) is 0 Å². The standard InChI is InChI=1S/C11H16OS/c1-4-11(3,8-12)6-10-5-9(2)13-7-10/h5,7-8H,4,6H2,1-3H3. The van der Waals surface area contributed by atoms with Crippen molar-refractivity contribution in [3.05, 3.63) is 21.9 Å². The Balaban J connectivity index is 2.72. The zero-order valence-corrected chi connectivity index (χ0v) is 9.28. The Bertz CT molecular complexity index is 290. The van der Waals surface area contributed by atoms with E-state index in [1.165, 1.54) is 10.4 Å². The highest BCUT2D eigenvalue weighted by molar-refractivity contribution is 7.10. The van der Waals surface area contributed by atoms with Crippen molar-refractivity contribution in [3.63, 3.8) is 0 Å². The van der Waals surface area contributed by atoms with Crippen LogP contribution in [0.15, 0.2) is 11.4 Å². The van der Waals surface area contributed by atoms with Gasteiger partial charge in [-0.3, -0.25) is 0 Å². The van der Waals surface area contributed by atoms with Crippen LogP contribution in [0.5, 0.6) is 0 Å². The van der Waals surface area contributed by atoms with Crippen molar-refractivity contribution in [3.8, 4) is 0 Å². The minimum atomic E-state index is -0.173. The summed E-state index contributed by atoms with van der Waals surface area (Å²) in [5.41, 5.74) is 1.12. The van der Waals surface area contributed by atoms with E-state index in [4.69, 9.17) is 0 Å². The second-order valence-electron chi connectivity index (χ2n) is 3.87. The van der Waals surface area contributed by atoms with Gasteiger partial charge in [-0.05, 0) is 36.8 Å². The van der Waals surface area contributed by atoms with Crippen molar-refractivity contribution in [2.45, 2.75) is 33.6 Å². The van der Waals surface area contributed by atoms with E-state index >= 15 is 0 Å². The first-order valence-corrected chi connectivity index (χ1v) is 5.48. The van der Waals surface area contributed by atoms with Crippen molar-refractivity contribution >= 4 is 17.6 Å². The van der Waals surface area contributed by atoms with Crippen LogP contribution in [0, 0.1) is 12.3 Å². The molecule has 1 aromatic rings. The first-order valence-electron chi connectivity index (χ1n) is 4.60. The molecule has 0 amide bonds. The van der Waals surface area contributed by atoms with Crippen molar-refractivity contribution in [1.29, 1.82) is 0 Å². The molecule has 0 radical (unpaired) electrons. The molecule has 1 unspecified atom stereocenters. The van der Waals surface area contributed by atoms with Crippen LogP contribution in [0.1, 0.15) is 30.7 Å². The lowest BCUT2D eigenvalue weighted by Gasteiger charge is -2.19. The normalized spacial score (nSPS) is 15.3. The third-order valence-electron chi connectivity index (χ3n) is 2.49. The zero-order chi connectivity index (χ0) is 9.90. The van der Waals surface area contributed by atoms with Gasteiger partial charge in [0, 0.05) is 10.3 Å². The van der Waals surface area contributed by atoms with E-state index in [9.17, 15) is 4.79 Å². The maximum atomic E-state index is 10.9. The first kappa shape index (κ1) is 10.5. The lowest BCUT2D eigenvalue weighted by Crippen LogP contribution is -2.19. The molecule has 0 aliphatic heterocycles. The Morgan fingerprint density at radius 3 is 2.69 bits per heavy atom. The highest BCUT2D eigenvalue weighted by Crippen LogP contribution is 2.26. The van der Waals surface area contributed by atoms with Gasteiger partial charge in [-0.1, -0.05) is 13.8 Å². The fourth-order valence-corrected chi connectivity index (χ4v) is 2.01. The smallest absolute Gasteiger partial charge is 0.126 e. The molecule has 0 saturated heterocycles. The average Bonchev–Trinajstić information content (AvgIpc) is 2.51. The summed E-state index contributed by atoms with van der Waals surface area (Å²) in [5, 5.41) is 2.15. The second kappa shape index (κ2) is 4.05. The summed E-state index contributed by atoms with van der Waals surface area (Å²) >= 11 is 1.75. The van der Waals surface area contributed by atoms with Crippen LogP contribution >= 0.6 is 11.3 Å². The molecule has 72 valence electrons. The largest absolute Gasteiger partial charge is 0.303 e. The topological polar surface area (TPSA) is 17.1 Å². The summed E-state index contributed by atoms with van der Waals surface area (Å²) in [7, 11) is 0. The number of aryl methyl sites for hydroxylation is 1. The van der Waals surface area contributed by atoms with Gasteiger partial charge in [0.15, 0.2) is 0 Å². The van der Waals surface area contributed by atoms with Gasteiger partial charge in [0.25, 0.3) is 0 Å². The molecule has 0 bridgehead atoms. The van der Waals surface area contributed by atoms with Crippen molar-refractivity contribution in [1.82, 2.24) is 0 Å². The first-order chi connectivity index (χ1) is 6.09. The van der Waals surface area contributed by atoms with E-state index in [0.717, 1.165) is 19.1 Å².